The van der Waals surface area contributed by atoms with E-state index in [1.54, 1.807) is 6.08 Å². The normalized spacial score (nSPS) is 12.7. The lowest BCUT2D eigenvalue weighted by Gasteiger charge is -2.20. The molecule has 0 aliphatic heterocycles. The van der Waals surface area contributed by atoms with Gasteiger partial charge in [0.15, 0.2) is 0 Å². The molecule has 0 rings (SSSR count). The minimum absolute atomic E-state index is 0.0111. The predicted octanol–water partition coefficient (Wildman–Crippen LogP) is 26.4. The molecule has 518 valence electrons. The molecule has 88 heavy (non-hydrogen) atoms. The highest BCUT2D eigenvalue weighted by Crippen LogP contribution is 2.19. The number of ether oxygens (including phenoxy) is 1. The van der Waals surface area contributed by atoms with Crippen LogP contribution in [0.25, 0.3) is 0 Å². The maximum Gasteiger partial charge on any atom is 0.305 e. The van der Waals surface area contributed by atoms with Crippen molar-refractivity contribution in [3.05, 3.63) is 48.6 Å². The average Bonchev–Trinajstić information content (AvgIpc) is 3.55. The summed E-state index contributed by atoms with van der Waals surface area (Å²) in [6.07, 6.45) is 102. The number of amides is 1. The van der Waals surface area contributed by atoms with Crippen molar-refractivity contribution in [1.29, 1.82) is 0 Å². The van der Waals surface area contributed by atoms with Gasteiger partial charge in [-0.3, -0.25) is 9.59 Å². The van der Waals surface area contributed by atoms with Gasteiger partial charge in [0.2, 0.25) is 5.91 Å². The minimum Gasteiger partial charge on any atom is -0.466 e. The molecule has 6 nitrogen and oxygen atoms in total. The molecule has 6 heteroatoms. The van der Waals surface area contributed by atoms with Gasteiger partial charge >= 0.3 is 5.97 Å². The Kier molecular flexibility index (Phi) is 75.4. The van der Waals surface area contributed by atoms with E-state index >= 15 is 0 Å². The highest BCUT2D eigenvalue weighted by molar-refractivity contribution is 5.76. The van der Waals surface area contributed by atoms with Crippen molar-refractivity contribution in [2.75, 3.05) is 13.2 Å². The molecule has 0 fully saturated rings. The molecule has 2 atom stereocenters. The second-order valence-corrected chi connectivity index (χ2v) is 27.4. The van der Waals surface area contributed by atoms with Crippen molar-refractivity contribution in [3.8, 4) is 0 Å². The van der Waals surface area contributed by atoms with E-state index in [9.17, 15) is 19.8 Å². The molecule has 3 N–H and O–H groups in total. The van der Waals surface area contributed by atoms with E-state index in [0.29, 0.717) is 19.4 Å². The lowest BCUT2D eigenvalue weighted by Crippen LogP contribution is -2.45. The smallest absolute Gasteiger partial charge is 0.305 e. The van der Waals surface area contributed by atoms with Gasteiger partial charge in [-0.2, -0.15) is 0 Å². The zero-order valence-electron chi connectivity index (χ0n) is 59.5. The molecule has 0 saturated carbocycles. The highest BCUT2D eigenvalue weighted by Gasteiger charge is 2.18. The number of nitrogens with one attached hydrogen (secondary N) is 1. The number of carbonyl (C=O) groups excluding carboxylic acids is 2. The Morgan fingerprint density at radius 1 is 0.318 bits per heavy atom. The van der Waals surface area contributed by atoms with E-state index in [1.807, 2.05) is 6.08 Å². The number of rotatable bonds is 75. The van der Waals surface area contributed by atoms with Gasteiger partial charge in [-0.05, 0) is 89.9 Å². The summed E-state index contributed by atoms with van der Waals surface area (Å²) in [6.45, 7) is 4.93. The molecule has 0 radical (unpaired) electrons. The fourth-order valence-electron chi connectivity index (χ4n) is 12.5. The Hall–Kier alpha value is -2.18. The van der Waals surface area contributed by atoms with Crippen LogP contribution >= 0.6 is 0 Å². The molecule has 0 aromatic rings. The Labute approximate surface area is 550 Å². The van der Waals surface area contributed by atoms with Crippen molar-refractivity contribution in [2.24, 2.45) is 0 Å². The van der Waals surface area contributed by atoms with Gasteiger partial charge in [-0.25, -0.2) is 0 Å². The molecule has 0 spiro atoms. The molecule has 0 aliphatic rings. The van der Waals surface area contributed by atoms with Crippen LogP contribution in [0.3, 0.4) is 0 Å². The second-order valence-electron chi connectivity index (χ2n) is 27.4. The lowest BCUT2D eigenvalue weighted by atomic mass is 10.0. The SMILES string of the molecule is CCCCCC/C=C\C/C=C\CCCCCCCCCC(=O)OCCCCCCCCCCCCCC/C=C\CCCCCCCCCCCCCCCCCCC(=O)NC(CO)C(O)/C=C/CCCCCCCCCCCCCCCCCCCCC. The molecule has 0 heterocycles. The summed E-state index contributed by atoms with van der Waals surface area (Å²) in [7, 11) is 0. The zero-order chi connectivity index (χ0) is 63.5. The van der Waals surface area contributed by atoms with Crippen molar-refractivity contribution in [3.63, 3.8) is 0 Å². The third-order valence-electron chi connectivity index (χ3n) is 18.6. The van der Waals surface area contributed by atoms with Crippen molar-refractivity contribution < 1.29 is 24.5 Å². The first-order valence-corrected chi connectivity index (χ1v) is 39.9. The maximum atomic E-state index is 12.5. The topological polar surface area (TPSA) is 95.9 Å². The average molecular weight is 1240 g/mol. The van der Waals surface area contributed by atoms with Crippen LogP contribution in [0.5, 0.6) is 0 Å². The first-order chi connectivity index (χ1) is 43.5. The summed E-state index contributed by atoms with van der Waals surface area (Å²) in [5.74, 6) is -0.0502. The molecular weight excluding hydrogens is 1080 g/mol. The van der Waals surface area contributed by atoms with Crippen LogP contribution < -0.4 is 5.32 Å². The van der Waals surface area contributed by atoms with Crippen molar-refractivity contribution in [2.45, 2.75) is 450 Å². The first kappa shape index (κ1) is 85.8. The molecule has 0 aliphatic carbocycles. The number of carbonyl (C=O) groups is 2. The van der Waals surface area contributed by atoms with Gasteiger partial charge in [0.1, 0.15) is 0 Å². The van der Waals surface area contributed by atoms with Crippen LogP contribution in [0.1, 0.15) is 438 Å². The Balaban J connectivity index is 3.38. The van der Waals surface area contributed by atoms with E-state index in [0.717, 1.165) is 51.4 Å². The number of esters is 1. The van der Waals surface area contributed by atoms with Gasteiger partial charge < -0.3 is 20.3 Å². The molecule has 0 aromatic heterocycles. The molecule has 0 aromatic carbocycles. The van der Waals surface area contributed by atoms with Crippen LogP contribution in [0.15, 0.2) is 48.6 Å². The van der Waals surface area contributed by atoms with E-state index in [4.69, 9.17) is 4.74 Å². The Morgan fingerprint density at radius 2 is 0.568 bits per heavy atom. The van der Waals surface area contributed by atoms with Crippen LogP contribution in [0.2, 0.25) is 0 Å². The van der Waals surface area contributed by atoms with Gasteiger partial charge in [0.25, 0.3) is 0 Å². The Bertz CT molecular complexity index is 1470. The minimum atomic E-state index is -0.844. The van der Waals surface area contributed by atoms with Crippen molar-refractivity contribution in [1.82, 2.24) is 5.32 Å². The van der Waals surface area contributed by atoms with Crippen LogP contribution in [0.4, 0.5) is 0 Å². The number of hydrogen-bond donors (Lipinski definition) is 3. The van der Waals surface area contributed by atoms with Gasteiger partial charge in [-0.15, -0.1) is 0 Å². The number of aliphatic hydroxyl groups is 2. The standard InChI is InChI=1S/C82H155NO5/c1-3-5-7-9-11-13-15-17-19-21-23-36-39-42-46-50-54-58-62-66-70-74-80(85)79(78-84)83-81(86)75-71-67-63-59-55-51-47-43-40-37-34-32-30-28-26-24-25-27-29-31-33-35-38-41-45-49-53-57-61-65-69-73-77-88-82(87)76-72-68-64-60-56-52-48-44-22-20-18-16-14-12-10-8-6-4-2/h14,16,20,22,27,29,70,74,79-80,84-85H,3-13,15,17-19,21,23-26,28,30-69,71-73,75-78H2,1-2H3,(H,83,86)/b16-14-,22-20-,29-27-,74-70+. The van der Waals surface area contributed by atoms with Gasteiger partial charge in [0, 0.05) is 12.8 Å². The van der Waals surface area contributed by atoms with Crippen LogP contribution in [-0.4, -0.2) is 47.4 Å². The second kappa shape index (κ2) is 77.3. The number of unbranched alkanes of at least 4 members (excludes halogenated alkanes) is 58. The van der Waals surface area contributed by atoms with E-state index in [2.05, 4.69) is 55.6 Å². The molecule has 1 amide bonds. The quantitative estimate of drug-likeness (QED) is 0.0320. The summed E-state index contributed by atoms with van der Waals surface area (Å²) < 4.78 is 5.51. The maximum absolute atomic E-state index is 12.5. The van der Waals surface area contributed by atoms with E-state index < -0.39 is 12.1 Å². The van der Waals surface area contributed by atoms with Gasteiger partial charge in [0.05, 0.1) is 25.4 Å². The Morgan fingerprint density at radius 3 is 0.886 bits per heavy atom. The molecule has 0 bridgehead atoms. The fourth-order valence-corrected chi connectivity index (χ4v) is 12.5. The van der Waals surface area contributed by atoms with E-state index in [-0.39, 0.29) is 18.5 Å². The summed E-state index contributed by atoms with van der Waals surface area (Å²) in [5.41, 5.74) is 0. The monoisotopic (exact) mass is 1230 g/mol. The third-order valence-corrected chi connectivity index (χ3v) is 18.6. The number of hydrogen-bond acceptors (Lipinski definition) is 5. The highest BCUT2D eigenvalue weighted by atomic mass is 16.5. The summed E-state index contributed by atoms with van der Waals surface area (Å²) in [4.78, 5) is 24.7. The fraction of sp³-hybridized carbons (Fsp3) is 0.878. The first-order valence-electron chi connectivity index (χ1n) is 39.9. The predicted molar refractivity (Wildman–Crippen MR) is 389 cm³/mol. The molecule has 2 unspecified atom stereocenters. The van der Waals surface area contributed by atoms with E-state index in [1.165, 1.54) is 360 Å². The van der Waals surface area contributed by atoms with Crippen LogP contribution in [-0.2, 0) is 14.3 Å². The lowest BCUT2D eigenvalue weighted by molar-refractivity contribution is -0.143. The van der Waals surface area contributed by atoms with Crippen LogP contribution in [0, 0.1) is 0 Å². The molecular formula is C82H155NO5. The molecule has 0 saturated heterocycles. The number of aliphatic hydroxyl groups excluding tert-OH is 2. The van der Waals surface area contributed by atoms with Crippen molar-refractivity contribution >= 4 is 11.9 Å². The summed E-state index contributed by atoms with van der Waals surface area (Å²) in [6, 6.07) is -0.628. The third kappa shape index (κ3) is 72.9. The number of allylic oxidation sites excluding steroid dienone is 7. The largest absolute Gasteiger partial charge is 0.466 e. The van der Waals surface area contributed by atoms with Gasteiger partial charge in [-0.1, -0.05) is 383 Å². The summed E-state index contributed by atoms with van der Waals surface area (Å²) >= 11 is 0. The zero-order valence-corrected chi connectivity index (χ0v) is 59.5. The summed E-state index contributed by atoms with van der Waals surface area (Å²) in [5, 5.41) is 23.3.